The van der Waals surface area contributed by atoms with Crippen LogP contribution in [0.25, 0.3) is 5.69 Å². The molecule has 0 unspecified atom stereocenters. The zero-order valence-corrected chi connectivity index (χ0v) is 18.0. The summed E-state index contributed by atoms with van der Waals surface area (Å²) in [5, 5.41) is 12.0. The van der Waals surface area contributed by atoms with E-state index in [1.165, 1.54) is 19.1 Å². The number of nitrogens with two attached hydrogens (primary N) is 1. The van der Waals surface area contributed by atoms with Crippen LogP contribution in [-0.2, 0) is 27.2 Å². The maximum atomic E-state index is 13.6. The van der Waals surface area contributed by atoms with Gasteiger partial charge in [-0.3, -0.25) is 4.79 Å². The summed E-state index contributed by atoms with van der Waals surface area (Å²) in [4.78, 5) is 15.6. The second-order valence-corrected chi connectivity index (χ2v) is 8.76. The summed E-state index contributed by atoms with van der Waals surface area (Å²) in [6.45, 7) is 2.03. The van der Waals surface area contributed by atoms with Crippen molar-refractivity contribution in [1.29, 1.82) is 0 Å². The van der Waals surface area contributed by atoms with Gasteiger partial charge in [0, 0.05) is 17.6 Å². The Kier molecular flexibility index (Phi) is 6.12. The van der Waals surface area contributed by atoms with Crippen LogP contribution in [0.5, 0.6) is 0 Å². The number of amides is 1. The molecule has 0 spiro atoms. The molecule has 0 bridgehead atoms. The summed E-state index contributed by atoms with van der Waals surface area (Å²) >= 11 is 6.05. The van der Waals surface area contributed by atoms with Crippen LogP contribution in [-0.4, -0.2) is 29.1 Å². The van der Waals surface area contributed by atoms with Gasteiger partial charge in [0.2, 0.25) is 21.8 Å². The van der Waals surface area contributed by atoms with E-state index < -0.39 is 32.6 Å². The van der Waals surface area contributed by atoms with E-state index in [1.807, 2.05) is 0 Å². The molecule has 1 aromatic heterocycles. The Balaban J connectivity index is 1.96. The number of aromatic nitrogens is 3. The first kappa shape index (κ1) is 22.8. The first-order valence-corrected chi connectivity index (χ1v) is 10.8. The van der Waals surface area contributed by atoms with Gasteiger partial charge in [-0.25, -0.2) is 23.2 Å². The summed E-state index contributed by atoms with van der Waals surface area (Å²) in [5.74, 6) is -4.48. The number of hydrogen-bond donors (Lipinski definition) is 2. The van der Waals surface area contributed by atoms with Crippen molar-refractivity contribution in [3.8, 4) is 5.69 Å². The fourth-order valence-electron chi connectivity index (χ4n) is 2.82. The van der Waals surface area contributed by atoms with Crippen molar-refractivity contribution >= 4 is 33.2 Å². The SMILES string of the molecule is Cc1nc(C(C)(F)F)nn1-c1ccc(NC(=O)Cc2ccccc2Cl)cc1S(N)(=O)=O. The third kappa shape index (κ3) is 5.24. The number of hydrogen-bond acceptors (Lipinski definition) is 5. The van der Waals surface area contributed by atoms with Gasteiger partial charge in [0.15, 0.2) is 0 Å². The molecule has 3 rings (SSSR count). The number of rotatable bonds is 6. The quantitative estimate of drug-likeness (QED) is 0.574. The number of halogens is 3. The van der Waals surface area contributed by atoms with Crippen molar-refractivity contribution in [2.45, 2.75) is 31.1 Å². The van der Waals surface area contributed by atoms with Crippen LogP contribution in [0.2, 0.25) is 5.02 Å². The molecule has 12 heteroatoms. The second-order valence-electron chi connectivity index (χ2n) is 6.83. The standard InChI is InChI=1S/C19H18ClF2N5O3S/c1-11-24-18(19(2,21)22)26-27(11)15-8-7-13(10-16(15)31(23,29)30)25-17(28)9-12-5-3-4-6-14(12)20/h3-8,10H,9H2,1-2H3,(H,25,28)(H2,23,29,30). The Morgan fingerprint density at radius 2 is 1.94 bits per heavy atom. The predicted molar refractivity (Wildman–Crippen MR) is 111 cm³/mol. The minimum absolute atomic E-state index is 0.0384. The van der Waals surface area contributed by atoms with E-state index in [-0.39, 0.29) is 23.6 Å². The van der Waals surface area contributed by atoms with Crippen LogP contribution in [0.1, 0.15) is 24.1 Å². The van der Waals surface area contributed by atoms with Crippen molar-refractivity contribution in [1.82, 2.24) is 14.8 Å². The van der Waals surface area contributed by atoms with E-state index in [2.05, 4.69) is 15.4 Å². The summed E-state index contributed by atoms with van der Waals surface area (Å²) in [7, 11) is -4.30. The van der Waals surface area contributed by atoms with Gasteiger partial charge in [0.25, 0.3) is 0 Å². The van der Waals surface area contributed by atoms with Crippen LogP contribution in [0.4, 0.5) is 14.5 Å². The van der Waals surface area contributed by atoms with Gasteiger partial charge < -0.3 is 5.32 Å². The topological polar surface area (TPSA) is 120 Å². The van der Waals surface area contributed by atoms with Crippen LogP contribution >= 0.6 is 11.6 Å². The normalized spacial score (nSPS) is 12.1. The minimum atomic E-state index is -4.30. The Bertz CT molecular complexity index is 1260. The summed E-state index contributed by atoms with van der Waals surface area (Å²) < 4.78 is 52.4. The van der Waals surface area contributed by atoms with Crippen molar-refractivity contribution in [3.63, 3.8) is 0 Å². The van der Waals surface area contributed by atoms with E-state index in [1.54, 1.807) is 24.3 Å². The van der Waals surface area contributed by atoms with Crippen LogP contribution in [0.15, 0.2) is 47.4 Å². The molecule has 0 radical (unpaired) electrons. The lowest BCUT2D eigenvalue weighted by Crippen LogP contribution is -2.19. The molecule has 0 aliphatic heterocycles. The predicted octanol–water partition coefficient (Wildman–Crippen LogP) is 3.17. The number of sulfonamides is 1. The number of nitrogens with zero attached hydrogens (tertiary/aromatic N) is 3. The highest BCUT2D eigenvalue weighted by Crippen LogP contribution is 2.28. The van der Waals surface area contributed by atoms with Gasteiger partial charge in [-0.1, -0.05) is 29.8 Å². The monoisotopic (exact) mass is 469 g/mol. The molecule has 8 nitrogen and oxygen atoms in total. The average molecular weight is 470 g/mol. The Morgan fingerprint density at radius 3 is 2.52 bits per heavy atom. The molecular formula is C19H18ClF2N5O3S. The number of alkyl halides is 2. The maximum Gasteiger partial charge on any atom is 0.305 e. The first-order chi connectivity index (χ1) is 14.4. The largest absolute Gasteiger partial charge is 0.326 e. The molecule has 0 saturated carbocycles. The van der Waals surface area contributed by atoms with Gasteiger partial charge in [-0.2, -0.15) is 8.78 Å². The zero-order chi connectivity index (χ0) is 23.0. The van der Waals surface area contributed by atoms with Gasteiger partial charge in [0.1, 0.15) is 10.7 Å². The van der Waals surface area contributed by atoms with Gasteiger partial charge in [0.05, 0.1) is 12.1 Å². The van der Waals surface area contributed by atoms with Gasteiger partial charge in [-0.15, -0.1) is 5.10 Å². The highest BCUT2D eigenvalue weighted by atomic mass is 35.5. The molecule has 3 N–H and O–H groups in total. The molecule has 0 aliphatic carbocycles. The summed E-state index contributed by atoms with van der Waals surface area (Å²) in [6.07, 6.45) is -0.0384. The molecule has 164 valence electrons. The number of carbonyl (C=O) groups excluding carboxylic acids is 1. The highest BCUT2D eigenvalue weighted by molar-refractivity contribution is 7.89. The van der Waals surface area contributed by atoms with E-state index in [4.69, 9.17) is 16.7 Å². The molecular weight excluding hydrogens is 452 g/mol. The average Bonchev–Trinajstić information content (AvgIpc) is 3.05. The number of carbonyl (C=O) groups is 1. The third-order valence-electron chi connectivity index (χ3n) is 4.25. The van der Waals surface area contributed by atoms with Crippen molar-refractivity contribution in [2.24, 2.45) is 5.14 Å². The third-order valence-corrected chi connectivity index (χ3v) is 5.56. The lowest BCUT2D eigenvalue weighted by molar-refractivity contribution is -0.115. The van der Waals surface area contributed by atoms with Crippen LogP contribution < -0.4 is 10.5 Å². The zero-order valence-electron chi connectivity index (χ0n) is 16.4. The fraction of sp³-hybridized carbons (Fsp3) is 0.211. The molecule has 1 heterocycles. The number of primary sulfonamides is 1. The number of nitrogens with one attached hydrogen (secondary N) is 1. The first-order valence-electron chi connectivity index (χ1n) is 8.88. The molecule has 0 saturated heterocycles. The maximum absolute atomic E-state index is 13.6. The van der Waals surface area contributed by atoms with Crippen LogP contribution in [0, 0.1) is 6.92 Å². The molecule has 31 heavy (non-hydrogen) atoms. The van der Waals surface area contributed by atoms with Crippen molar-refractivity contribution < 1.29 is 22.0 Å². The number of aryl methyl sites for hydroxylation is 1. The van der Waals surface area contributed by atoms with E-state index in [0.29, 0.717) is 17.5 Å². The van der Waals surface area contributed by atoms with Crippen molar-refractivity contribution in [2.75, 3.05) is 5.32 Å². The lowest BCUT2D eigenvalue weighted by Gasteiger charge is -2.12. The molecule has 0 atom stereocenters. The van der Waals surface area contributed by atoms with E-state index in [9.17, 15) is 22.0 Å². The smallest absolute Gasteiger partial charge is 0.305 e. The fourth-order valence-corrected chi connectivity index (χ4v) is 3.76. The lowest BCUT2D eigenvalue weighted by atomic mass is 10.1. The Morgan fingerprint density at radius 1 is 1.26 bits per heavy atom. The van der Waals surface area contributed by atoms with E-state index in [0.717, 1.165) is 10.7 Å². The summed E-state index contributed by atoms with van der Waals surface area (Å²) in [6, 6.07) is 10.6. The van der Waals surface area contributed by atoms with E-state index >= 15 is 0 Å². The number of anilines is 1. The second kappa shape index (κ2) is 8.33. The minimum Gasteiger partial charge on any atom is -0.326 e. The number of benzene rings is 2. The van der Waals surface area contributed by atoms with Crippen molar-refractivity contribution in [3.05, 3.63) is 64.7 Å². The Labute approximate surface area is 182 Å². The van der Waals surface area contributed by atoms with Gasteiger partial charge >= 0.3 is 5.92 Å². The molecule has 2 aromatic carbocycles. The summed E-state index contributed by atoms with van der Waals surface area (Å²) in [5.41, 5.74) is 0.659. The molecule has 0 aliphatic rings. The highest BCUT2D eigenvalue weighted by Gasteiger charge is 2.31. The molecule has 1 amide bonds. The van der Waals surface area contributed by atoms with Crippen LogP contribution in [0.3, 0.4) is 0 Å². The molecule has 0 fully saturated rings. The van der Waals surface area contributed by atoms with Gasteiger partial charge in [-0.05, 0) is 36.8 Å². The Hall–Kier alpha value is -2.89. The molecule has 3 aromatic rings.